The Morgan fingerprint density at radius 3 is 2.15 bits per heavy atom. The summed E-state index contributed by atoms with van der Waals surface area (Å²) < 4.78 is 49.7. The molecule has 188 valence electrons. The van der Waals surface area contributed by atoms with Crippen molar-refractivity contribution in [3.63, 3.8) is 0 Å². The number of hydrogen-bond acceptors (Lipinski definition) is 11. The molecule has 10 nitrogen and oxygen atoms in total. The first kappa shape index (κ1) is 26.6. The van der Waals surface area contributed by atoms with Gasteiger partial charge in [0.15, 0.2) is 5.60 Å². The largest absolute Gasteiger partial charge is 0.416 e. The Hall–Kier alpha value is -1.04. The van der Waals surface area contributed by atoms with Crippen molar-refractivity contribution in [3.8, 4) is 0 Å². The van der Waals surface area contributed by atoms with E-state index in [2.05, 4.69) is 0 Å². The van der Waals surface area contributed by atoms with E-state index >= 15 is 0 Å². The van der Waals surface area contributed by atoms with E-state index in [0.717, 1.165) is 18.2 Å². The Labute approximate surface area is 189 Å². The van der Waals surface area contributed by atoms with Gasteiger partial charge in [0.25, 0.3) is 0 Å². The highest BCUT2D eigenvalue weighted by Gasteiger charge is 2.64. The molecule has 2 fully saturated rings. The lowest BCUT2D eigenvalue weighted by Gasteiger charge is -2.54. The van der Waals surface area contributed by atoms with Crippen molar-refractivity contribution in [3.05, 3.63) is 29.8 Å². The van der Waals surface area contributed by atoms with Crippen LogP contribution in [-0.4, -0.2) is 114 Å². The van der Waals surface area contributed by atoms with Crippen LogP contribution in [-0.2, 0) is 15.7 Å². The van der Waals surface area contributed by atoms with Gasteiger partial charge in [-0.3, -0.25) is 0 Å². The van der Waals surface area contributed by atoms with Crippen LogP contribution < -0.4 is 0 Å². The Morgan fingerprint density at radius 2 is 1.58 bits per heavy atom. The smallest absolute Gasteiger partial charge is 0.394 e. The number of aliphatic hydroxyl groups is 8. The first-order valence-electron chi connectivity index (χ1n) is 9.85. The van der Waals surface area contributed by atoms with Gasteiger partial charge >= 0.3 is 6.18 Å². The summed E-state index contributed by atoms with van der Waals surface area (Å²) in [5, 5.41) is 82.0. The third-order valence-corrected chi connectivity index (χ3v) is 6.97. The molecule has 2 heterocycles. The Kier molecular flexibility index (Phi) is 7.98. The second kappa shape index (κ2) is 9.91. The second-order valence-electron chi connectivity index (χ2n) is 7.89. The third-order valence-electron chi connectivity index (χ3n) is 5.82. The first-order valence-corrected chi connectivity index (χ1v) is 10.7. The molecule has 0 bridgehead atoms. The molecule has 0 unspecified atom stereocenters. The minimum Gasteiger partial charge on any atom is -0.394 e. The van der Waals surface area contributed by atoms with Gasteiger partial charge in [-0.25, -0.2) is 0 Å². The topological polar surface area (TPSA) is 180 Å². The molecule has 1 aromatic rings. The van der Waals surface area contributed by atoms with E-state index in [-0.39, 0.29) is 4.90 Å². The van der Waals surface area contributed by atoms with Crippen LogP contribution in [0.4, 0.5) is 13.2 Å². The zero-order valence-corrected chi connectivity index (χ0v) is 17.7. The quantitative estimate of drug-likeness (QED) is 0.219. The van der Waals surface area contributed by atoms with E-state index < -0.39 is 84.8 Å². The van der Waals surface area contributed by atoms with Crippen LogP contribution in [0, 0.1) is 0 Å². The Balaban J connectivity index is 1.87. The highest BCUT2D eigenvalue weighted by Crippen LogP contribution is 2.43. The number of hydrogen-bond donors (Lipinski definition) is 8. The highest BCUT2D eigenvalue weighted by atomic mass is 32.2. The molecule has 0 spiro atoms. The molecule has 3 rings (SSSR count). The molecule has 0 amide bonds. The molecule has 14 heteroatoms. The maximum absolute atomic E-state index is 13.0. The number of benzene rings is 1. The van der Waals surface area contributed by atoms with Gasteiger partial charge in [0.1, 0.15) is 54.3 Å². The average Bonchev–Trinajstić information content (AvgIpc) is 2.77. The summed E-state index contributed by atoms with van der Waals surface area (Å²) in [6, 6.07) is 4.06. The van der Waals surface area contributed by atoms with Crippen molar-refractivity contribution in [2.45, 2.75) is 70.9 Å². The zero-order valence-electron chi connectivity index (χ0n) is 16.9. The molecule has 8 N–H and O–H groups in total. The molecule has 0 radical (unpaired) electrons. The van der Waals surface area contributed by atoms with Crippen LogP contribution in [0.5, 0.6) is 0 Å². The molecular weight excluding hydrogens is 477 g/mol. The van der Waals surface area contributed by atoms with Crippen LogP contribution in [0.3, 0.4) is 0 Å². The lowest BCUT2D eigenvalue weighted by atomic mass is 9.75. The molecule has 33 heavy (non-hydrogen) atoms. The van der Waals surface area contributed by atoms with Gasteiger partial charge in [0.05, 0.1) is 18.8 Å². The van der Waals surface area contributed by atoms with Crippen LogP contribution in [0.15, 0.2) is 29.2 Å². The summed E-state index contributed by atoms with van der Waals surface area (Å²) >= 11 is 0.593. The molecule has 0 aromatic heterocycles. The molecular formula is C19H25F3O10S. The van der Waals surface area contributed by atoms with Crippen molar-refractivity contribution >= 4 is 11.8 Å². The van der Waals surface area contributed by atoms with Crippen LogP contribution in [0.25, 0.3) is 0 Å². The van der Waals surface area contributed by atoms with Crippen molar-refractivity contribution in [1.82, 2.24) is 0 Å². The number of alkyl halides is 3. The summed E-state index contributed by atoms with van der Waals surface area (Å²) in [7, 11) is 0. The van der Waals surface area contributed by atoms with E-state index in [1.54, 1.807) is 0 Å². The van der Waals surface area contributed by atoms with Crippen molar-refractivity contribution < 1.29 is 63.5 Å². The lowest BCUT2D eigenvalue weighted by Crippen LogP contribution is -2.76. The van der Waals surface area contributed by atoms with Crippen LogP contribution in [0.2, 0.25) is 0 Å². The fourth-order valence-electron chi connectivity index (χ4n) is 3.97. The third kappa shape index (κ3) is 4.88. The Morgan fingerprint density at radius 1 is 0.909 bits per heavy atom. The van der Waals surface area contributed by atoms with Gasteiger partial charge in [0, 0.05) is 4.90 Å². The summed E-state index contributed by atoms with van der Waals surface area (Å²) in [4.78, 5) is 0.0102. The Bertz CT molecular complexity index is 810. The van der Waals surface area contributed by atoms with Gasteiger partial charge in [-0.1, -0.05) is 17.8 Å². The molecule has 0 saturated carbocycles. The number of ether oxygens (including phenoxy) is 2. The summed E-state index contributed by atoms with van der Waals surface area (Å²) in [6.07, 6.45) is -19.6. The molecule has 2 aliphatic heterocycles. The van der Waals surface area contributed by atoms with Crippen molar-refractivity contribution in [1.29, 1.82) is 0 Å². The van der Waals surface area contributed by atoms with Crippen LogP contribution >= 0.6 is 11.8 Å². The van der Waals surface area contributed by atoms with E-state index in [1.807, 2.05) is 0 Å². The maximum atomic E-state index is 13.0. The maximum Gasteiger partial charge on any atom is 0.416 e. The fraction of sp³-hybridized carbons (Fsp3) is 0.684. The minimum atomic E-state index is -4.63. The molecule has 2 aliphatic rings. The second-order valence-corrected chi connectivity index (χ2v) is 9.06. The van der Waals surface area contributed by atoms with Gasteiger partial charge in [-0.15, -0.1) is 0 Å². The molecule has 1 aromatic carbocycles. The van der Waals surface area contributed by atoms with Crippen molar-refractivity contribution in [2.75, 3.05) is 13.2 Å². The SMILES string of the molecule is OC[C@H]1O[C@@H]([C@]2(O)[C@H](O)[C@@H](O)[C@H](Sc3cccc(C(F)(F)F)c3)O[C@@H]2CO)[C@H](O)[C@@H](O)[C@@H]1O. The number of aliphatic hydroxyl groups excluding tert-OH is 7. The van der Waals surface area contributed by atoms with Crippen LogP contribution in [0.1, 0.15) is 5.56 Å². The normalized spacial score (nSPS) is 42.3. The fourth-order valence-corrected chi connectivity index (χ4v) is 5.06. The van der Waals surface area contributed by atoms with Gasteiger partial charge in [-0.05, 0) is 18.2 Å². The number of rotatable bonds is 5. The zero-order chi connectivity index (χ0) is 24.7. The predicted molar refractivity (Wildman–Crippen MR) is 104 cm³/mol. The highest BCUT2D eigenvalue weighted by molar-refractivity contribution is 7.99. The molecule has 10 atom stereocenters. The van der Waals surface area contributed by atoms with Gasteiger partial charge in [0.2, 0.25) is 0 Å². The average molecular weight is 502 g/mol. The molecule has 0 aliphatic carbocycles. The van der Waals surface area contributed by atoms with E-state index in [1.165, 1.54) is 6.07 Å². The lowest BCUT2D eigenvalue weighted by molar-refractivity contribution is -0.337. The predicted octanol–water partition coefficient (Wildman–Crippen LogP) is -2.19. The standard InChI is InChI=1S/C19H25F3O10S/c20-19(21,22)7-2-1-3-8(4-7)33-17-14(28)15(29)18(30,10(6-24)32-17)16-13(27)12(26)11(25)9(5-23)31-16/h1-4,9-17,23-30H,5-6H2/t9-,10-,11-,12+,13-,14-,15-,16-,17+,18-/m1/s1. The van der Waals surface area contributed by atoms with Crippen molar-refractivity contribution in [2.24, 2.45) is 0 Å². The minimum absolute atomic E-state index is 0.0102. The number of thioether (sulfide) groups is 1. The van der Waals surface area contributed by atoms with Gasteiger partial charge < -0.3 is 50.3 Å². The van der Waals surface area contributed by atoms with Gasteiger partial charge in [-0.2, -0.15) is 13.2 Å². The first-order chi connectivity index (χ1) is 15.4. The summed E-state index contributed by atoms with van der Waals surface area (Å²) in [5.41, 5.74) is -5.16. The van der Waals surface area contributed by atoms with E-state index in [0.29, 0.717) is 11.8 Å². The van der Waals surface area contributed by atoms with E-state index in [9.17, 15) is 54.0 Å². The number of halogens is 3. The summed E-state index contributed by atoms with van der Waals surface area (Å²) in [6.45, 7) is -1.83. The monoisotopic (exact) mass is 502 g/mol. The van der Waals surface area contributed by atoms with E-state index in [4.69, 9.17) is 9.47 Å². The molecule has 2 saturated heterocycles. The summed E-state index contributed by atoms with van der Waals surface area (Å²) in [5.74, 6) is 0.